The van der Waals surface area contributed by atoms with E-state index in [-0.39, 0.29) is 11.8 Å². The fourth-order valence-corrected chi connectivity index (χ4v) is 3.92. The number of aromatic nitrogens is 3. The Morgan fingerprint density at radius 3 is 2.61 bits per heavy atom. The molecule has 1 saturated heterocycles. The molecule has 0 spiro atoms. The van der Waals surface area contributed by atoms with Crippen molar-refractivity contribution in [1.82, 2.24) is 14.5 Å². The fourth-order valence-electron chi connectivity index (χ4n) is 3.74. The van der Waals surface area contributed by atoms with Crippen molar-refractivity contribution < 1.29 is 9.90 Å². The standard InChI is InChI=1S/C16H17ClN4O2/c17-16-18-12-5-6-20(9-13(22)23)14(12)15(19-16)21-7-10-3-1-2-4-11(10)8-21/h1-2,5-6,10-11H,3-4,7-9H2,(H,22,23)/t10-,11+. The van der Waals surface area contributed by atoms with Crippen molar-refractivity contribution in [3.05, 3.63) is 29.7 Å². The van der Waals surface area contributed by atoms with Crippen LogP contribution in [0.1, 0.15) is 12.8 Å². The molecule has 0 bridgehead atoms. The number of halogens is 1. The monoisotopic (exact) mass is 332 g/mol. The number of hydrogen-bond donors (Lipinski definition) is 1. The molecule has 0 amide bonds. The number of anilines is 1. The second-order valence-corrected chi connectivity index (χ2v) is 6.59. The summed E-state index contributed by atoms with van der Waals surface area (Å²) < 4.78 is 1.68. The highest BCUT2D eigenvalue weighted by Gasteiger charge is 2.34. The highest BCUT2D eigenvalue weighted by Crippen LogP contribution is 2.37. The molecule has 1 aliphatic carbocycles. The molecule has 2 aromatic rings. The average Bonchev–Trinajstić information content (AvgIpc) is 3.10. The van der Waals surface area contributed by atoms with Gasteiger partial charge in [-0.3, -0.25) is 4.79 Å². The lowest BCUT2D eigenvalue weighted by atomic mass is 9.86. The molecule has 0 saturated carbocycles. The summed E-state index contributed by atoms with van der Waals surface area (Å²) in [5.41, 5.74) is 1.44. The number of carboxylic acid groups (broad SMARTS) is 1. The molecule has 0 aromatic carbocycles. The quantitative estimate of drug-likeness (QED) is 0.691. The molecular weight excluding hydrogens is 316 g/mol. The molecule has 23 heavy (non-hydrogen) atoms. The number of hydrogen-bond acceptors (Lipinski definition) is 4. The summed E-state index contributed by atoms with van der Waals surface area (Å²) >= 11 is 6.08. The van der Waals surface area contributed by atoms with E-state index in [2.05, 4.69) is 27.0 Å². The van der Waals surface area contributed by atoms with E-state index in [1.807, 2.05) is 0 Å². The molecule has 3 heterocycles. The molecule has 4 rings (SSSR count). The minimum absolute atomic E-state index is 0.107. The van der Waals surface area contributed by atoms with Crippen LogP contribution in [0.5, 0.6) is 0 Å². The van der Waals surface area contributed by atoms with Crippen LogP contribution in [-0.2, 0) is 11.3 Å². The first-order valence-corrected chi connectivity index (χ1v) is 8.13. The number of fused-ring (bicyclic) bond motifs is 2. The van der Waals surface area contributed by atoms with E-state index in [1.54, 1.807) is 16.8 Å². The average molecular weight is 333 g/mol. The number of carboxylic acids is 1. The Balaban J connectivity index is 1.76. The summed E-state index contributed by atoms with van der Waals surface area (Å²) in [6.45, 7) is 1.75. The maximum absolute atomic E-state index is 11.1. The van der Waals surface area contributed by atoms with Gasteiger partial charge in [-0.15, -0.1) is 0 Å². The highest BCUT2D eigenvalue weighted by molar-refractivity contribution is 6.28. The molecule has 6 nitrogen and oxygen atoms in total. The van der Waals surface area contributed by atoms with Crippen LogP contribution >= 0.6 is 11.6 Å². The first-order chi connectivity index (χ1) is 11.1. The Bertz CT molecular complexity index is 785. The first kappa shape index (κ1) is 14.5. The lowest BCUT2D eigenvalue weighted by molar-refractivity contribution is -0.137. The van der Waals surface area contributed by atoms with Gasteiger partial charge in [-0.1, -0.05) is 12.2 Å². The molecule has 2 aliphatic rings. The van der Waals surface area contributed by atoms with Crippen LogP contribution in [0.3, 0.4) is 0 Å². The first-order valence-electron chi connectivity index (χ1n) is 7.76. The van der Waals surface area contributed by atoms with Gasteiger partial charge in [0.1, 0.15) is 12.1 Å². The second-order valence-electron chi connectivity index (χ2n) is 6.26. The summed E-state index contributed by atoms with van der Waals surface area (Å²) in [6.07, 6.45) is 8.43. The maximum Gasteiger partial charge on any atom is 0.323 e. The summed E-state index contributed by atoms with van der Waals surface area (Å²) in [7, 11) is 0. The van der Waals surface area contributed by atoms with Crippen molar-refractivity contribution in [2.75, 3.05) is 18.0 Å². The molecule has 1 N–H and O–H groups in total. The van der Waals surface area contributed by atoms with E-state index >= 15 is 0 Å². The molecule has 120 valence electrons. The zero-order valence-electron chi connectivity index (χ0n) is 12.5. The van der Waals surface area contributed by atoms with Gasteiger partial charge >= 0.3 is 5.97 Å². The topological polar surface area (TPSA) is 71.2 Å². The van der Waals surface area contributed by atoms with Crippen molar-refractivity contribution in [1.29, 1.82) is 0 Å². The highest BCUT2D eigenvalue weighted by atomic mass is 35.5. The Morgan fingerprint density at radius 2 is 1.96 bits per heavy atom. The molecule has 0 unspecified atom stereocenters. The van der Waals surface area contributed by atoms with Crippen LogP contribution in [0.15, 0.2) is 24.4 Å². The third-order valence-corrected chi connectivity index (χ3v) is 4.96. The summed E-state index contributed by atoms with van der Waals surface area (Å²) in [5, 5.41) is 9.32. The molecular formula is C16H17ClN4O2. The molecule has 0 radical (unpaired) electrons. The van der Waals surface area contributed by atoms with Gasteiger partial charge in [0.05, 0.1) is 5.52 Å². The Morgan fingerprint density at radius 1 is 1.26 bits per heavy atom. The fraction of sp³-hybridized carbons (Fsp3) is 0.438. The van der Waals surface area contributed by atoms with Crippen molar-refractivity contribution in [3.8, 4) is 0 Å². The Kier molecular flexibility index (Phi) is 3.49. The van der Waals surface area contributed by atoms with Gasteiger partial charge in [-0.25, -0.2) is 4.98 Å². The third kappa shape index (κ3) is 2.57. The largest absolute Gasteiger partial charge is 0.480 e. The van der Waals surface area contributed by atoms with E-state index in [1.165, 1.54) is 0 Å². The molecule has 2 aromatic heterocycles. The third-order valence-electron chi connectivity index (χ3n) is 4.79. The van der Waals surface area contributed by atoms with Gasteiger partial charge in [0.25, 0.3) is 0 Å². The summed E-state index contributed by atoms with van der Waals surface area (Å²) in [5.74, 6) is 1.13. The van der Waals surface area contributed by atoms with E-state index in [4.69, 9.17) is 16.7 Å². The van der Waals surface area contributed by atoms with E-state index in [0.717, 1.165) is 37.3 Å². The number of aliphatic carboxylic acids is 1. The van der Waals surface area contributed by atoms with Crippen molar-refractivity contribution in [3.63, 3.8) is 0 Å². The van der Waals surface area contributed by atoms with Crippen LogP contribution < -0.4 is 4.90 Å². The van der Waals surface area contributed by atoms with Gasteiger partial charge in [0.15, 0.2) is 5.82 Å². The Labute approximate surface area is 138 Å². The van der Waals surface area contributed by atoms with Crippen LogP contribution in [0.2, 0.25) is 5.28 Å². The van der Waals surface area contributed by atoms with Crippen molar-refractivity contribution in [2.45, 2.75) is 19.4 Å². The van der Waals surface area contributed by atoms with Crippen molar-refractivity contribution in [2.24, 2.45) is 11.8 Å². The zero-order valence-corrected chi connectivity index (χ0v) is 13.3. The normalized spacial score (nSPS) is 23.4. The van der Waals surface area contributed by atoms with E-state index in [0.29, 0.717) is 17.4 Å². The van der Waals surface area contributed by atoms with Crippen LogP contribution in [0, 0.1) is 11.8 Å². The minimum atomic E-state index is -0.886. The van der Waals surface area contributed by atoms with E-state index < -0.39 is 5.97 Å². The predicted octanol–water partition coefficient (Wildman–Crippen LogP) is 2.57. The lowest BCUT2D eigenvalue weighted by Crippen LogP contribution is -2.23. The lowest BCUT2D eigenvalue weighted by Gasteiger charge is -2.19. The minimum Gasteiger partial charge on any atom is -0.480 e. The van der Waals surface area contributed by atoms with Crippen LogP contribution in [0.25, 0.3) is 11.0 Å². The molecule has 1 fully saturated rings. The number of rotatable bonds is 3. The van der Waals surface area contributed by atoms with Gasteiger partial charge in [0.2, 0.25) is 5.28 Å². The van der Waals surface area contributed by atoms with Gasteiger partial charge < -0.3 is 14.6 Å². The SMILES string of the molecule is O=C(O)Cn1ccc2nc(Cl)nc(N3C[C@H]4CC=CC[C@H]4C3)c21. The smallest absolute Gasteiger partial charge is 0.323 e. The van der Waals surface area contributed by atoms with Crippen LogP contribution in [-0.4, -0.2) is 38.7 Å². The number of carbonyl (C=O) groups is 1. The Hall–Kier alpha value is -2.08. The number of nitrogens with zero attached hydrogens (tertiary/aromatic N) is 4. The zero-order chi connectivity index (χ0) is 16.0. The second kappa shape index (κ2) is 5.53. The molecule has 7 heteroatoms. The van der Waals surface area contributed by atoms with Gasteiger partial charge in [0, 0.05) is 19.3 Å². The summed E-state index contributed by atoms with van der Waals surface area (Å²) in [6, 6.07) is 1.79. The summed E-state index contributed by atoms with van der Waals surface area (Å²) in [4.78, 5) is 22.0. The molecule has 2 atom stereocenters. The maximum atomic E-state index is 11.1. The van der Waals surface area contributed by atoms with E-state index in [9.17, 15) is 4.79 Å². The number of allylic oxidation sites excluding steroid dienone is 2. The van der Waals surface area contributed by atoms with Crippen LogP contribution in [0.4, 0.5) is 5.82 Å². The predicted molar refractivity (Wildman–Crippen MR) is 87.7 cm³/mol. The van der Waals surface area contributed by atoms with Crippen molar-refractivity contribution >= 4 is 34.4 Å². The van der Waals surface area contributed by atoms with Gasteiger partial charge in [-0.05, 0) is 42.3 Å². The van der Waals surface area contributed by atoms with Gasteiger partial charge in [-0.2, -0.15) is 4.98 Å². The molecule has 1 aliphatic heterocycles.